The van der Waals surface area contributed by atoms with Crippen LogP contribution in [0.4, 0.5) is 0 Å². The summed E-state index contributed by atoms with van der Waals surface area (Å²) >= 11 is 0. The molecule has 0 spiro atoms. The maximum atomic E-state index is 11.7. The summed E-state index contributed by atoms with van der Waals surface area (Å²) in [6.45, 7) is 4.93. The largest absolute Gasteiger partial charge is 0.478 e. The summed E-state index contributed by atoms with van der Waals surface area (Å²) in [6.07, 6.45) is 0. The van der Waals surface area contributed by atoms with Gasteiger partial charge in [-0.2, -0.15) is 4.89 Å². The van der Waals surface area contributed by atoms with Crippen molar-refractivity contribution in [1.29, 1.82) is 0 Å². The minimum atomic E-state index is -1.43. The molecule has 1 aromatic carbocycles. The van der Waals surface area contributed by atoms with Crippen LogP contribution in [-0.2, 0) is 9.78 Å². The molecular weight excluding hydrogens is 268 g/mol. The van der Waals surface area contributed by atoms with Crippen LogP contribution in [0.1, 0.15) is 51.8 Å². The fraction of sp³-hybridized carbons (Fsp3) is 0.308. The monoisotopic (exact) mass is 282 g/mol. The topological polar surface area (TPSA) is 110 Å². The van der Waals surface area contributed by atoms with Crippen LogP contribution < -0.4 is 0 Å². The number of rotatable bonds is 4. The normalized spacial score (nSPS) is 10.9. The van der Waals surface area contributed by atoms with Crippen LogP contribution >= 0.6 is 0 Å². The number of aromatic carboxylic acids is 2. The first-order valence-electron chi connectivity index (χ1n) is 5.62. The van der Waals surface area contributed by atoms with Crippen LogP contribution in [0.25, 0.3) is 0 Å². The van der Waals surface area contributed by atoms with Gasteiger partial charge in [-0.15, -0.1) is 0 Å². The van der Waals surface area contributed by atoms with Crippen LogP contribution in [-0.4, -0.2) is 33.7 Å². The van der Waals surface area contributed by atoms with Crippen LogP contribution in [0.3, 0.4) is 0 Å². The van der Waals surface area contributed by atoms with E-state index in [9.17, 15) is 14.4 Å². The molecule has 0 saturated carbocycles. The number of carboxylic acids is 2. The molecule has 0 aliphatic carbocycles. The minimum Gasteiger partial charge on any atom is -0.478 e. The van der Waals surface area contributed by atoms with Gasteiger partial charge in [-0.1, -0.05) is 0 Å². The first kappa shape index (κ1) is 15.6. The highest BCUT2D eigenvalue weighted by molar-refractivity contribution is 6.04. The molecule has 0 atom stereocenters. The third-order valence-electron chi connectivity index (χ3n) is 2.08. The van der Waals surface area contributed by atoms with Gasteiger partial charge in [-0.3, -0.25) is 4.89 Å². The predicted molar refractivity (Wildman–Crippen MR) is 66.6 cm³/mol. The summed E-state index contributed by atoms with van der Waals surface area (Å²) in [5, 5.41) is 17.8. The van der Waals surface area contributed by atoms with Crippen molar-refractivity contribution in [2.24, 2.45) is 0 Å². The van der Waals surface area contributed by atoms with E-state index in [2.05, 4.69) is 4.89 Å². The molecule has 0 fully saturated rings. The second kappa shape index (κ2) is 5.70. The molecule has 2 N–H and O–H groups in total. The van der Waals surface area contributed by atoms with E-state index in [4.69, 9.17) is 15.1 Å². The van der Waals surface area contributed by atoms with Crippen LogP contribution in [0, 0.1) is 0 Å². The van der Waals surface area contributed by atoms with Gasteiger partial charge < -0.3 is 10.2 Å². The Labute approximate surface area is 114 Å². The molecule has 1 aromatic rings. The average molecular weight is 282 g/mol. The minimum absolute atomic E-state index is 0.240. The van der Waals surface area contributed by atoms with Crippen molar-refractivity contribution in [3.63, 3.8) is 0 Å². The van der Waals surface area contributed by atoms with Gasteiger partial charge in [0, 0.05) is 0 Å². The fourth-order valence-corrected chi connectivity index (χ4v) is 1.24. The van der Waals surface area contributed by atoms with E-state index >= 15 is 0 Å². The molecular formula is C13H14O7. The van der Waals surface area contributed by atoms with Crippen molar-refractivity contribution >= 4 is 17.9 Å². The lowest BCUT2D eigenvalue weighted by molar-refractivity contribution is -0.301. The van der Waals surface area contributed by atoms with Crippen molar-refractivity contribution in [1.82, 2.24) is 0 Å². The van der Waals surface area contributed by atoms with Gasteiger partial charge in [0.05, 0.1) is 16.7 Å². The molecule has 1 rings (SSSR count). The fourth-order valence-electron chi connectivity index (χ4n) is 1.24. The lowest BCUT2D eigenvalue weighted by Crippen LogP contribution is -2.23. The number of hydrogen-bond acceptors (Lipinski definition) is 5. The third kappa shape index (κ3) is 4.06. The molecule has 108 valence electrons. The number of carbonyl (C=O) groups is 3. The number of hydrogen-bond donors (Lipinski definition) is 2. The van der Waals surface area contributed by atoms with E-state index in [1.54, 1.807) is 20.8 Å². The van der Waals surface area contributed by atoms with Crippen molar-refractivity contribution in [3.05, 3.63) is 34.9 Å². The Hall–Kier alpha value is -2.41. The Morgan fingerprint density at radius 2 is 1.60 bits per heavy atom. The molecule has 0 unspecified atom stereocenters. The molecule has 0 aromatic heterocycles. The second-order valence-electron chi connectivity index (χ2n) is 4.94. The Morgan fingerprint density at radius 3 is 2.05 bits per heavy atom. The second-order valence-corrected chi connectivity index (χ2v) is 4.94. The van der Waals surface area contributed by atoms with Crippen molar-refractivity contribution in [2.75, 3.05) is 0 Å². The van der Waals surface area contributed by atoms with Crippen molar-refractivity contribution in [3.8, 4) is 0 Å². The highest BCUT2D eigenvalue weighted by Gasteiger charge is 2.23. The maximum Gasteiger partial charge on any atom is 0.373 e. The molecule has 7 heteroatoms. The van der Waals surface area contributed by atoms with E-state index in [1.165, 1.54) is 0 Å². The highest BCUT2D eigenvalue weighted by Crippen LogP contribution is 2.16. The lowest BCUT2D eigenvalue weighted by Gasteiger charge is -2.17. The third-order valence-corrected chi connectivity index (χ3v) is 2.08. The Morgan fingerprint density at radius 1 is 1.00 bits per heavy atom. The van der Waals surface area contributed by atoms with Crippen molar-refractivity contribution in [2.45, 2.75) is 26.4 Å². The quantitative estimate of drug-likeness (QED) is 0.641. The van der Waals surface area contributed by atoms with Gasteiger partial charge in [-0.05, 0) is 39.0 Å². The van der Waals surface area contributed by atoms with E-state index < -0.39 is 29.1 Å². The van der Waals surface area contributed by atoms with Gasteiger partial charge in [0.15, 0.2) is 0 Å². The molecule has 0 aliphatic heterocycles. The number of carbonyl (C=O) groups excluding carboxylic acids is 1. The molecule has 7 nitrogen and oxygen atoms in total. The first-order chi connectivity index (χ1) is 9.11. The van der Waals surface area contributed by atoms with Gasteiger partial charge >= 0.3 is 17.9 Å². The summed E-state index contributed by atoms with van der Waals surface area (Å²) in [5.41, 5.74) is -1.74. The molecule has 0 radical (unpaired) electrons. The molecule has 0 heterocycles. The number of benzene rings is 1. The van der Waals surface area contributed by atoms with Gasteiger partial charge in [0.2, 0.25) is 0 Å². The molecule has 0 saturated heterocycles. The van der Waals surface area contributed by atoms with Gasteiger partial charge in [-0.25, -0.2) is 14.4 Å². The van der Waals surface area contributed by atoms with E-state index in [-0.39, 0.29) is 11.1 Å². The van der Waals surface area contributed by atoms with E-state index in [1.807, 2.05) is 0 Å². The number of carboxylic acid groups (broad SMARTS) is 2. The zero-order valence-electron chi connectivity index (χ0n) is 11.2. The standard InChI is InChI=1S/C13H14O7/c1-13(2,3)20-19-12(18)8-5-4-7(10(14)15)6-9(8)11(16)17/h4-6H,1-3H3,(H,14,15)(H,16,17). The van der Waals surface area contributed by atoms with Gasteiger partial charge in [0.1, 0.15) is 5.60 Å². The van der Waals surface area contributed by atoms with Crippen LogP contribution in [0.15, 0.2) is 18.2 Å². The van der Waals surface area contributed by atoms with Gasteiger partial charge in [0.25, 0.3) is 0 Å². The summed E-state index contributed by atoms with van der Waals surface area (Å²) < 4.78 is 0. The first-order valence-corrected chi connectivity index (χ1v) is 5.62. The highest BCUT2D eigenvalue weighted by atomic mass is 17.2. The smallest absolute Gasteiger partial charge is 0.373 e. The zero-order valence-corrected chi connectivity index (χ0v) is 11.2. The summed E-state index contributed by atoms with van der Waals surface area (Å²) in [7, 11) is 0. The van der Waals surface area contributed by atoms with E-state index in [0.717, 1.165) is 18.2 Å². The van der Waals surface area contributed by atoms with E-state index in [0.29, 0.717) is 0 Å². The summed E-state index contributed by atoms with van der Waals surface area (Å²) in [4.78, 5) is 42.9. The Kier molecular flexibility index (Phi) is 4.46. The molecule has 0 aliphatic rings. The average Bonchev–Trinajstić information content (AvgIpc) is 2.34. The molecule has 0 bridgehead atoms. The Balaban J connectivity index is 3.08. The maximum absolute atomic E-state index is 11.7. The Bertz CT molecular complexity index is 554. The lowest BCUT2D eigenvalue weighted by atomic mass is 10.0. The summed E-state index contributed by atoms with van der Waals surface area (Å²) in [6, 6.07) is 3.07. The summed E-state index contributed by atoms with van der Waals surface area (Å²) in [5.74, 6) is -3.73. The molecule has 0 amide bonds. The molecule has 20 heavy (non-hydrogen) atoms. The van der Waals surface area contributed by atoms with Crippen molar-refractivity contribution < 1.29 is 34.4 Å². The SMILES string of the molecule is CC(C)(C)OOC(=O)c1ccc(C(=O)O)cc1C(=O)O. The predicted octanol–water partition coefficient (Wildman–Crippen LogP) is 1.97. The van der Waals surface area contributed by atoms with Crippen LogP contribution in [0.5, 0.6) is 0 Å². The van der Waals surface area contributed by atoms with Crippen LogP contribution in [0.2, 0.25) is 0 Å². The zero-order chi connectivity index (χ0) is 15.5.